The van der Waals surface area contributed by atoms with Crippen molar-refractivity contribution >= 4 is 34.0 Å². The highest BCUT2D eigenvalue weighted by molar-refractivity contribution is 6.48. The first-order chi connectivity index (χ1) is 11.1. The Balaban J connectivity index is 1.89. The number of ketones is 1. The lowest BCUT2D eigenvalue weighted by molar-refractivity contribution is -0.384. The summed E-state index contributed by atoms with van der Waals surface area (Å²) in [7, 11) is 0. The van der Waals surface area contributed by atoms with E-state index in [1.54, 1.807) is 30.3 Å². The van der Waals surface area contributed by atoms with Gasteiger partial charge < -0.3 is 10.3 Å². The van der Waals surface area contributed by atoms with Crippen molar-refractivity contribution < 1.29 is 14.5 Å². The van der Waals surface area contributed by atoms with Gasteiger partial charge in [0.05, 0.1) is 16.0 Å². The van der Waals surface area contributed by atoms with Crippen LogP contribution in [0.4, 0.5) is 11.4 Å². The van der Waals surface area contributed by atoms with Crippen molar-refractivity contribution in [3.63, 3.8) is 0 Å². The number of aromatic amines is 1. The van der Waals surface area contributed by atoms with Gasteiger partial charge in [-0.2, -0.15) is 0 Å². The van der Waals surface area contributed by atoms with E-state index in [4.69, 9.17) is 0 Å². The van der Waals surface area contributed by atoms with Gasteiger partial charge in [-0.05, 0) is 18.2 Å². The normalized spacial score (nSPS) is 10.4. The summed E-state index contributed by atoms with van der Waals surface area (Å²) in [6.45, 7) is 0. The average molecular weight is 309 g/mol. The number of carbonyl (C=O) groups excluding carboxylic acids is 2. The maximum Gasteiger partial charge on any atom is 0.296 e. The number of aromatic nitrogens is 1. The Morgan fingerprint density at radius 1 is 1.09 bits per heavy atom. The number of anilines is 1. The van der Waals surface area contributed by atoms with E-state index < -0.39 is 16.6 Å². The summed E-state index contributed by atoms with van der Waals surface area (Å²) in [5.41, 5.74) is 1.02. The molecule has 0 spiro atoms. The molecule has 23 heavy (non-hydrogen) atoms. The van der Waals surface area contributed by atoms with Gasteiger partial charge in [0.1, 0.15) is 0 Å². The minimum absolute atomic E-state index is 0.0907. The van der Waals surface area contributed by atoms with Crippen LogP contribution in [0.25, 0.3) is 10.9 Å². The molecule has 0 saturated heterocycles. The lowest BCUT2D eigenvalue weighted by Crippen LogP contribution is -2.22. The fourth-order valence-electron chi connectivity index (χ4n) is 2.25. The van der Waals surface area contributed by atoms with Gasteiger partial charge in [0.2, 0.25) is 0 Å². The number of H-pyrrole nitrogens is 1. The van der Waals surface area contributed by atoms with Gasteiger partial charge in [-0.25, -0.2) is 0 Å². The van der Waals surface area contributed by atoms with Gasteiger partial charge in [0.15, 0.2) is 0 Å². The van der Waals surface area contributed by atoms with Crippen LogP contribution in [-0.4, -0.2) is 21.6 Å². The van der Waals surface area contributed by atoms with E-state index in [1.165, 1.54) is 24.4 Å². The standard InChI is InChI=1S/C16H11N3O4/c20-15(16(21)18-10-4-2-1-3-5-10)13-9-17-14-8-11(19(22)23)6-7-12(13)14/h1-9,17H,(H,18,21). The Morgan fingerprint density at radius 3 is 2.52 bits per heavy atom. The molecule has 0 atom stereocenters. The van der Waals surface area contributed by atoms with Gasteiger partial charge >= 0.3 is 0 Å². The SMILES string of the molecule is O=C(Nc1ccccc1)C(=O)c1c[nH]c2cc([N+](=O)[O-])ccc12. The first-order valence-corrected chi connectivity index (χ1v) is 6.72. The second-order valence-corrected chi connectivity index (χ2v) is 4.84. The van der Waals surface area contributed by atoms with E-state index in [-0.39, 0.29) is 11.3 Å². The number of non-ortho nitro benzene ring substituents is 1. The van der Waals surface area contributed by atoms with Crippen LogP contribution in [0.2, 0.25) is 0 Å². The van der Waals surface area contributed by atoms with Crippen LogP contribution < -0.4 is 5.32 Å². The molecule has 1 amide bonds. The minimum Gasteiger partial charge on any atom is -0.360 e. The molecule has 0 aliphatic rings. The van der Waals surface area contributed by atoms with Crippen molar-refractivity contribution in [2.45, 2.75) is 0 Å². The molecule has 0 saturated carbocycles. The topological polar surface area (TPSA) is 105 Å². The van der Waals surface area contributed by atoms with Crippen molar-refractivity contribution in [3.8, 4) is 0 Å². The summed E-state index contributed by atoms with van der Waals surface area (Å²) in [5.74, 6) is -1.48. The summed E-state index contributed by atoms with van der Waals surface area (Å²) < 4.78 is 0. The summed E-state index contributed by atoms with van der Waals surface area (Å²) in [4.78, 5) is 37.3. The number of rotatable bonds is 4. The maximum absolute atomic E-state index is 12.3. The quantitative estimate of drug-likeness (QED) is 0.334. The number of hydrogen-bond donors (Lipinski definition) is 2. The number of amides is 1. The highest BCUT2D eigenvalue weighted by Gasteiger charge is 2.21. The van der Waals surface area contributed by atoms with Gasteiger partial charge in [0.25, 0.3) is 17.4 Å². The lowest BCUT2D eigenvalue weighted by atomic mass is 10.1. The largest absolute Gasteiger partial charge is 0.360 e. The number of benzene rings is 2. The molecular weight excluding hydrogens is 298 g/mol. The Bertz CT molecular complexity index is 915. The molecule has 2 aromatic carbocycles. The second-order valence-electron chi connectivity index (χ2n) is 4.84. The maximum atomic E-state index is 12.3. The molecule has 0 radical (unpaired) electrons. The zero-order valence-corrected chi connectivity index (χ0v) is 11.8. The summed E-state index contributed by atoms with van der Waals surface area (Å²) in [6.07, 6.45) is 1.38. The van der Waals surface area contributed by atoms with E-state index >= 15 is 0 Å². The molecule has 114 valence electrons. The average Bonchev–Trinajstić information content (AvgIpc) is 2.98. The monoisotopic (exact) mass is 309 g/mol. The fraction of sp³-hybridized carbons (Fsp3) is 0. The zero-order chi connectivity index (χ0) is 16.4. The van der Waals surface area contributed by atoms with Crippen molar-refractivity contribution in [2.24, 2.45) is 0 Å². The van der Waals surface area contributed by atoms with E-state index in [0.29, 0.717) is 16.6 Å². The lowest BCUT2D eigenvalue weighted by Gasteiger charge is -2.03. The number of carbonyl (C=O) groups is 2. The number of nitro groups is 1. The predicted molar refractivity (Wildman–Crippen MR) is 84.4 cm³/mol. The zero-order valence-electron chi connectivity index (χ0n) is 11.8. The summed E-state index contributed by atoms with van der Waals surface area (Å²) >= 11 is 0. The van der Waals surface area contributed by atoms with E-state index in [0.717, 1.165) is 0 Å². The van der Waals surface area contributed by atoms with Crippen LogP contribution in [-0.2, 0) is 4.79 Å². The van der Waals surface area contributed by atoms with Gasteiger partial charge in [-0.3, -0.25) is 19.7 Å². The molecule has 7 nitrogen and oxygen atoms in total. The number of Topliss-reactive ketones (excluding diaryl/α,β-unsaturated/α-hetero) is 1. The number of nitro benzene ring substituents is 1. The Labute approximate surface area is 130 Å². The number of para-hydroxylation sites is 1. The van der Waals surface area contributed by atoms with E-state index in [1.807, 2.05) is 0 Å². The molecule has 1 aromatic heterocycles. The molecule has 2 N–H and O–H groups in total. The van der Waals surface area contributed by atoms with Crippen LogP contribution >= 0.6 is 0 Å². The van der Waals surface area contributed by atoms with Crippen LogP contribution in [0.1, 0.15) is 10.4 Å². The van der Waals surface area contributed by atoms with Crippen LogP contribution in [0, 0.1) is 10.1 Å². The number of nitrogens with one attached hydrogen (secondary N) is 2. The van der Waals surface area contributed by atoms with Gasteiger partial charge in [0, 0.05) is 29.4 Å². The third-order valence-corrected chi connectivity index (χ3v) is 3.36. The molecule has 1 heterocycles. The number of hydrogen-bond acceptors (Lipinski definition) is 4. The molecule has 3 rings (SSSR count). The first-order valence-electron chi connectivity index (χ1n) is 6.72. The third kappa shape index (κ3) is 2.80. The fourth-order valence-corrected chi connectivity index (χ4v) is 2.25. The van der Waals surface area contributed by atoms with E-state index in [2.05, 4.69) is 10.3 Å². The van der Waals surface area contributed by atoms with Crippen LogP contribution in [0.3, 0.4) is 0 Å². The molecule has 0 fully saturated rings. The third-order valence-electron chi connectivity index (χ3n) is 3.36. The molecule has 0 bridgehead atoms. The molecule has 3 aromatic rings. The Kier molecular flexibility index (Phi) is 3.60. The van der Waals surface area contributed by atoms with Crippen molar-refractivity contribution in [1.29, 1.82) is 0 Å². The van der Waals surface area contributed by atoms with Gasteiger partial charge in [-0.1, -0.05) is 18.2 Å². The van der Waals surface area contributed by atoms with Crippen molar-refractivity contribution in [3.05, 3.63) is 70.4 Å². The second kappa shape index (κ2) is 5.72. The summed E-state index contributed by atoms with van der Waals surface area (Å²) in [5, 5.41) is 13.7. The van der Waals surface area contributed by atoms with Gasteiger partial charge in [-0.15, -0.1) is 0 Å². The molecule has 7 heteroatoms. The Hall–Kier alpha value is -3.48. The number of nitrogens with zero attached hydrogens (tertiary/aromatic N) is 1. The molecule has 0 aliphatic carbocycles. The minimum atomic E-state index is -0.768. The molecule has 0 unspecified atom stereocenters. The molecular formula is C16H11N3O4. The van der Waals surface area contributed by atoms with Crippen molar-refractivity contribution in [2.75, 3.05) is 5.32 Å². The van der Waals surface area contributed by atoms with Crippen LogP contribution in [0.15, 0.2) is 54.7 Å². The van der Waals surface area contributed by atoms with E-state index in [9.17, 15) is 19.7 Å². The molecule has 0 aliphatic heterocycles. The van der Waals surface area contributed by atoms with Crippen molar-refractivity contribution in [1.82, 2.24) is 4.98 Å². The smallest absolute Gasteiger partial charge is 0.296 e. The highest BCUT2D eigenvalue weighted by atomic mass is 16.6. The van der Waals surface area contributed by atoms with Crippen LogP contribution in [0.5, 0.6) is 0 Å². The predicted octanol–water partition coefficient (Wildman–Crippen LogP) is 2.90. The number of fused-ring (bicyclic) bond motifs is 1. The summed E-state index contributed by atoms with van der Waals surface area (Å²) in [6, 6.07) is 12.7. The highest BCUT2D eigenvalue weighted by Crippen LogP contribution is 2.23. The Morgan fingerprint density at radius 2 is 1.83 bits per heavy atom. The first kappa shape index (κ1) is 14.5.